The van der Waals surface area contributed by atoms with Crippen molar-refractivity contribution < 1.29 is 19.0 Å². The van der Waals surface area contributed by atoms with Crippen LogP contribution < -0.4 is 10.1 Å². The van der Waals surface area contributed by atoms with Crippen molar-refractivity contribution in [3.05, 3.63) is 64.0 Å². The van der Waals surface area contributed by atoms with E-state index < -0.39 is 4.92 Å². The average Bonchev–Trinajstić information content (AvgIpc) is 3.18. The quantitative estimate of drug-likeness (QED) is 0.452. The van der Waals surface area contributed by atoms with Gasteiger partial charge in [0.05, 0.1) is 12.0 Å². The van der Waals surface area contributed by atoms with Gasteiger partial charge in [0.25, 0.3) is 5.69 Å². The van der Waals surface area contributed by atoms with Crippen molar-refractivity contribution in [2.45, 2.75) is 26.2 Å². The predicted octanol–water partition coefficient (Wildman–Crippen LogP) is 3.92. The summed E-state index contributed by atoms with van der Waals surface area (Å²) in [5, 5.41) is 17.6. The Hall–Kier alpha value is -3.75. The number of anilines is 1. The number of aryl methyl sites for hydroxylation is 2. The van der Waals surface area contributed by atoms with Gasteiger partial charge in [0, 0.05) is 35.7 Å². The van der Waals surface area contributed by atoms with Crippen LogP contribution in [0.25, 0.3) is 11.4 Å². The predicted molar refractivity (Wildman–Crippen MR) is 106 cm³/mol. The zero-order valence-corrected chi connectivity index (χ0v) is 16.0. The lowest BCUT2D eigenvalue weighted by Gasteiger charge is -2.05. The van der Waals surface area contributed by atoms with Crippen molar-refractivity contribution in [3.8, 4) is 17.1 Å². The third-order valence-corrected chi connectivity index (χ3v) is 4.30. The molecule has 0 atom stereocenters. The molecular weight excluding hydrogens is 376 g/mol. The van der Waals surface area contributed by atoms with Gasteiger partial charge in [-0.2, -0.15) is 4.98 Å². The van der Waals surface area contributed by atoms with Gasteiger partial charge < -0.3 is 14.6 Å². The first-order chi connectivity index (χ1) is 14.0. The maximum Gasteiger partial charge on any atom is 0.274 e. The van der Waals surface area contributed by atoms with Crippen LogP contribution in [0.4, 0.5) is 11.4 Å². The third kappa shape index (κ3) is 5.16. The van der Waals surface area contributed by atoms with Gasteiger partial charge in [0.1, 0.15) is 5.75 Å². The second kappa shape index (κ2) is 8.96. The van der Waals surface area contributed by atoms with Gasteiger partial charge in [-0.25, -0.2) is 0 Å². The Labute approximate surface area is 166 Å². The van der Waals surface area contributed by atoms with Crippen LogP contribution in [-0.4, -0.2) is 28.1 Å². The molecule has 0 aliphatic carbocycles. The van der Waals surface area contributed by atoms with Gasteiger partial charge in [0.15, 0.2) is 0 Å². The number of carbonyl (C=O) groups excluding carboxylic acids is 1. The first kappa shape index (κ1) is 20.0. The summed E-state index contributed by atoms with van der Waals surface area (Å²) >= 11 is 0. The van der Waals surface area contributed by atoms with Gasteiger partial charge in [-0.1, -0.05) is 11.2 Å². The van der Waals surface area contributed by atoms with Gasteiger partial charge in [0.2, 0.25) is 17.6 Å². The van der Waals surface area contributed by atoms with Crippen molar-refractivity contribution >= 4 is 17.3 Å². The average molecular weight is 396 g/mol. The summed E-state index contributed by atoms with van der Waals surface area (Å²) in [4.78, 5) is 26.9. The van der Waals surface area contributed by atoms with Crippen LogP contribution in [0.3, 0.4) is 0 Å². The van der Waals surface area contributed by atoms with Crippen molar-refractivity contribution in [3.63, 3.8) is 0 Å². The van der Waals surface area contributed by atoms with Gasteiger partial charge >= 0.3 is 0 Å². The number of benzene rings is 2. The summed E-state index contributed by atoms with van der Waals surface area (Å²) in [5.74, 6) is 1.41. The fourth-order valence-electron chi connectivity index (χ4n) is 2.72. The molecular formula is C20H20N4O5. The molecule has 0 aliphatic rings. The number of nitro benzene ring substituents is 1. The Balaban J connectivity index is 1.51. The van der Waals surface area contributed by atoms with Crippen molar-refractivity contribution in [2.75, 3.05) is 12.4 Å². The molecule has 1 aromatic heterocycles. The largest absolute Gasteiger partial charge is 0.497 e. The minimum absolute atomic E-state index is 0.0280. The molecule has 0 spiro atoms. The maximum atomic E-state index is 12.1. The third-order valence-electron chi connectivity index (χ3n) is 4.30. The number of ether oxygens (including phenoxy) is 1. The van der Waals surface area contributed by atoms with E-state index in [0.717, 1.165) is 11.3 Å². The lowest BCUT2D eigenvalue weighted by Crippen LogP contribution is -2.11. The molecule has 9 heteroatoms. The number of amides is 1. The van der Waals surface area contributed by atoms with E-state index in [9.17, 15) is 14.9 Å². The van der Waals surface area contributed by atoms with Crippen LogP contribution in [0.15, 0.2) is 47.0 Å². The van der Waals surface area contributed by atoms with E-state index in [1.54, 1.807) is 26.2 Å². The lowest BCUT2D eigenvalue weighted by molar-refractivity contribution is -0.385. The summed E-state index contributed by atoms with van der Waals surface area (Å²) in [6.45, 7) is 1.65. The summed E-state index contributed by atoms with van der Waals surface area (Å²) in [6, 6.07) is 11.9. The molecule has 9 nitrogen and oxygen atoms in total. The van der Waals surface area contributed by atoms with Crippen LogP contribution >= 0.6 is 0 Å². The Bertz CT molecular complexity index is 1010. The second-order valence-corrected chi connectivity index (χ2v) is 6.40. The van der Waals surface area contributed by atoms with Gasteiger partial charge in [-0.15, -0.1) is 0 Å². The molecule has 0 saturated carbocycles. The standard InChI is InChI=1S/C20H20N4O5/c1-13-6-9-15(12-17(13)24(26)27)21-18(25)4-3-5-19-22-20(23-29-19)14-7-10-16(28-2)11-8-14/h6-12H,3-5H2,1-2H3,(H,21,25). The first-order valence-electron chi connectivity index (χ1n) is 8.98. The SMILES string of the molecule is COc1ccc(-c2noc(CCCC(=O)Nc3ccc(C)c([N+](=O)[O-])c3)n2)cc1. The Morgan fingerprint density at radius 3 is 2.69 bits per heavy atom. The van der Waals surface area contributed by atoms with Crippen LogP contribution in [0.5, 0.6) is 5.75 Å². The van der Waals surface area contributed by atoms with E-state index in [2.05, 4.69) is 15.5 Å². The Kier molecular flexibility index (Phi) is 6.18. The molecule has 0 saturated heterocycles. The molecule has 3 aromatic rings. The molecule has 0 unspecified atom stereocenters. The highest BCUT2D eigenvalue weighted by Crippen LogP contribution is 2.23. The number of nitrogens with zero attached hydrogens (tertiary/aromatic N) is 3. The minimum atomic E-state index is -0.471. The van der Waals surface area contributed by atoms with Gasteiger partial charge in [-0.3, -0.25) is 14.9 Å². The summed E-state index contributed by atoms with van der Waals surface area (Å²) in [7, 11) is 1.59. The molecule has 1 heterocycles. The number of rotatable bonds is 8. The number of aromatic nitrogens is 2. The van der Waals surface area contributed by atoms with Crippen LogP contribution in [0.2, 0.25) is 0 Å². The van der Waals surface area contributed by atoms with Crippen molar-refractivity contribution in [1.82, 2.24) is 10.1 Å². The smallest absolute Gasteiger partial charge is 0.274 e. The monoisotopic (exact) mass is 396 g/mol. The highest BCUT2D eigenvalue weighted by molar-refractivity contribution is 5.91. The van der Waals surface area contributed by atoms with E-state index in [1.807, 2.05) is 24.3 Å². The first-order valence-corrected chi connectivity index (χ1v) is 8.98. The Morgan fingerprint density at radius 1 is 1.24 bits per heavy atom. The van der Waals surface area contributed by atoms with Crippen molar-refractivity contribution in [2.24, 2.45) is 0 Å². The zero-order chi connectivity index (χ0) is 20.8. The Morgan fingerprint density at radius 2 is 2.00 bits per heavy atom. The molecule has 3 rings (SSSR count). The molecule has 29 heavy (non-hydrogen) atoms. The summed E-state index contributed by atoms with van der Waals surface area (Å²) < 4.78 is 10.3. The molecule has 0 fully saturated rings. The number of hydrogen-bond acceptors (Lipinski definition) is 7. The molecule has 0 radical (unpaired) electrons. The van der Waals surface area contributed by atoms with Crippen molar-refractivity contribution in [1.29, 1.82) is 0 Å². The fourth-order valence-corrected chi connectivity index (χ4v) is 2.72. The second-order valence-electron chi connectivity index (χ2n) is 6.40. The number of hydrogen-bond donors (Lipinski definition) is 1. The number of carbonyl (C=O) groups is 1. The molecule has 0 aliphatic heterocycles. The highest BCUT2D eigenvalue weighted by Gasteiger charge is 2.13. The van der Waals surface area contributed by atoms with Gasteiger partial charge in [-0.05, 0) is 43.7 Å². The van der Waals surface area contributed by atoms with Crippen LogP contribution in [-0.2, 0) is 11.2 Å². The summed E-state index contributed by atoms with van der Waals surface area (Å²) in [5.41, 5.74) is 1.71. The molecule has 2 aromatic carbocycles. The fraction of sp³-hybridized carbons (Fsp3) is 0.250. The molecule has 150 valence electrons. The zero-order valence-electron chi connectivity index (χ0n) is 16.0. The highest BCUT2D eigenvalue weighted by atomic mass is 16.6. The number of methoxy groups -OCH3 is 1. The van der Waals surface area contributed by atoms with E-state index in [-0.39, 0.29) is 18.0 Å². The van der Waals surface area contributed by atoms with E-state index in [1.165, 1.54) is 6.07 Å². The van der Waals surface area contributed by atoms with E-state index >= 15 is 0 Å². The maximum absolute atomic E-state index is 12.1. The van der Waals surface area contributed by atoms with E-state index in [0.29, 0.717) is 35.8 Å². The van der Waals surface area contributed by atoms with Crippen LogP contribution in [0, 0.1) is 17.0 Å². The number of nitro groups is 1. The number of nitrogens with one attached hydrogen (secondary N) is 1. The molecule has 1 amide bonds. The minimum Gasteiger partial charge on any atom is -0.497 e. The summed E-state index contributed by atoms with van der Waals surface area (Å²) in [6.07, 6.45) is 1.18. The topological polar surface area (TPSA) is 120 Å². The lowest BCUT2D eigenvalue weighted by atomic mass is 10.1. The van der Waals surface area contributed by atoms with Crippen LogP contribution in [0.1, 0.15) is 24.3 Å². The normalized spacial score (nSPS) is 10.6. The van der Waals surface area contributed by atoms with E-state index in [4.69, 9.17) is 9.26 Å². The molecule has 1 N–H and O–H groups in total. The molecule has 0 bridgehead atoms.